The molecule has 2 aromatic rings. The Morgan fingerprint density at radius 2 is 2.06 bits per heavy atom. The SMILES string of the molecule is CSCC[C@@H](C(=O)Nc1cnc([C@H](O)CO)cn1)N1Cc2ccccc2C1C(F)(F)F. The van der Waals surface area contributed by atoms with Crippen LogP contribution < -0.4 is 5.32 Å². The maximum atomic E-state index is 14.0. The van der Waals surface area contributed by atoms with Gasteiger partial charge < -0.3 is 15.5 Å². The molecule has 0 saturated carbocycles. The second-order valence-corrected chi connectivity index (χ2v) is 8.11. The summed E-state index contributed by atoms with van der Waals surface area (Å²) < 4.78 is 41.9. The molecule has 3 atom stereocenters. The van der Waals surface area contributed by atoms with Crippen LogP contribution in [0, 0.1) is 0 Å². The Morgan fingerprint density at radius 1 is 1.32 bits per heavy atom. The Hall–Kier alpha value is -2.21. The second kappa shape index (κ2) is 9.94. The van der Waals surface area contributed by atoms with Gasteiger partial charge in [-0.25, -0.2) is 4.98 Å². The van der Waals surface area contributed by atoms with Crippen molar-refractivity contribution < 1.29 is 28.2 Å². The number of aliphatic hydroxyl groups is 2. The number of amides is 1. The molecular formula is C20H23F3N4O3S. The summed E-state index contributed by atoms with van der Waals surface area (Å²) in [6, 6.07) is 3.45. The van der Waals surface area contributed by atoms with E-state index in [9.17, 15) is 23.1 Å². The van der Waals surface area contributed by atoms with Crippen molar-refractivity contribution in [2.45, 2.75) is 37.3 Å². The number of nitrogens with zero attached hydrogens (tertiary/aromatic N) is 3. The Kier molecular flexibility index (Phi) is 7.52. The van der Waals surface area contributed by atoms with Gasteiger partial charge >= 0.3 is 6.18 Å². The van der Waals surface area contributed by atoms with E-state index in [1.54, 1.807) is 18.2 Å². The van der Waals surface area contributed by atoms with Crippen LogP contribution in [0.3, 0.4) is 0 Å². The van der Waals surface area contributed by atoms with E-state index in [0.29, 0.717) is 11.3 Å². The van der Waals surface area contributed by atoms with Gasteiger partial charge in [-0.2, -0.15) is 24.9 Å². The van der Waals surface area contributed by atoms with Crippen molar-refractivity contribution in [3.63, 3.8) is 0 Å². The number of hydrogen-bond acceptors (Lipinski definition) is 7. The summed E-state index contributed by atoms with van der Waals surface area (Å²) in [4.78, 5) is 22.1. The maximum Gasteiger partial charge on any atom is 0.408 e. The summed E-state index contributed by atoms with van der Waals surface area (Å²) in [5, 5.41) is 21.1. The fraction of sp³-hybridized carbons (Fsp3) is 0.450. The number of hydrogen-bond donors (Lipinski definition) is 3. The molecule has 7 nitrogen and oxygen atoms in total. The number of anilines is 1. The molecule has 0 aliphatic carbocycles. The molecule has 0 radical (unpaired) electrons. The molecule has 1 aliphatic rings. The van der Waals surface area contributed by atoms with Crippen molar-refractivity contribution >= 4 is 23.5 Å². The van der Waals surface area contributed by atoms with Crippen molar-refractivity contribution in [1.82, 2.24) is 14.9 Å². The molecule has 1 aliphatic heterocycles. The van der Waals surface area contributed by atoms with Crippen molar-refractivity contribution in [3.05, 3.63) is 53.5 Å². The van der Waals surface area contributed by atoms with Gasteiger partial charge in [0.05, 0.1) is 30.7 Å². The minimum Gasteiger partial charge on any atom is -0.393 e. The number of rotatable bonds is 8. The van der Waals surface area contributed by atoms with E-state index < -0.39 is 36.9 Å². The van der Waals surface area contributed by atoms with Crippen molar-refractivity contribution in [2.24, 2.45) is 0 Å². The molecule has 1 unspecified atom stereocenters. The fourth-order valence-electron chi connectivity index (χ4n) is 3.62. The largest absolute Gasteiger partial charge is 0.408 e. The molecule has 3 rings (SSSR count). The predicted molar refractivity (Wildman–Crippen MR) is 110 cm³/mol. The quantitative estimate of drug-likeness (QED) is 0.562. The van der Waals surface area contributed by atoms with Crippen molar-refractivity contribution in [3.8, 4) is 0 Å². The van der Waals surface area contributed by atoms with Gasteiger partial charge in [-0.05, 0) is 29.6 Å². The van der Waals surface area contributed by atoms with Gasteiger partial charge in [0.25, 0.3) is 0 Å². The summed E-state index contributed by atoms with van der Waals surface area (Å²) in [6.07, 6.45) is -1.31. The molecule has 1 aromatic carbocycles. The first-order valence-electron chi connectivity index (χ1n) is 9.57. The number of carbonyl (C=O) groups is 1. The van der Waals surface area contributed by atoms with Gasteiger partial charge in [-0.3, -0.25) is 14.7 Å². The Morgan fingerprint density at radius 3 is 2.68 bits per heavy atom. The number of carbonyl (C=O) groups excluding carboxylic acids is 1. The number of nitrogens with one attached hydrogen (secondary N) is 1. The molecule has 0 fully saturated rings. The zero-order valence-corrected chi connectivity index (χ0v) is 17.5. The van der Waals surface area contributed by atoms with Crippen LogP contribution in [0.15, 0.2) is 36.7 Å². The molecule has 1 aromatic heterocycles. The topological polar surface area (TPSA) is 98.6 Å². The van der Waals surface area contributed by atoms with Crippen molar-refractivity contribution in [1.29, 1.82) is 0 Å². The van der Waals surface area contributed by atoms with Gasteiger partial charge in [0.2, 0.25) is 5.91 Å². The summed E-state index contributed by atoms with van der Waals surface area (Å²) >= 11 is 1.45. The minimum atomic E-state index is -4.54. The lowest BCUT2D eigenvalue weighted by molar-refractivity contribution is -0.189. The van der Waals surface area contributed by atoms with Crippen LogP contribution in [0.5, 0.6) is 0 Å². The van der Waals surface area contributed by atoms with Crippen molar-refractivity contribution in [2.75, 3.05) is 23.9 Å². The summed E-state index contributed by atoms with van der Waals surface area (Å²) in [5.41, 5.74) is 0.833. The highest BCUT2D eigenvalue weighted by Crippen LogP contribution is 2.46. The van der Waals surface area contributed by atoms with Crippen LogP contribution >= 0.6 is 11.8 Å². The lowest BCUT2D eigenvalue weighted by atomic mass is 10.0. The number of aromatic nitrogens is 2. The van der Waals surface area contributed by atoms with Gasteiger partial charge in [-0.1, -0.05) is 24.3 Å². The van der Waals surface area contributed by atoms with Gasteiger partial charge in [-0.15, -0.1) is 0 Å². The molecule has 0 spiro atoms. The summed E-state index contributed by atoms with van der Waals surface area (Å²) in [7, 11) is 0. The zero-order chi connectivity index (χ0) is 22.6. The first kappa shape index (κ1) is 23.5. The molecule has 2 heterocycles. The zero-order valence-electron chi connectivity index (χ0n) is 16.7. The molecule has 1 amide bonds. The number of aliphatic hydroxyl groups excluding tert-OH is 2. The first-order chi connectivity index (χ1) is 14.8. The highest BCUT2D eigenvalue weighted by atomic mass is 32.2. The lowest BCUT2D eigenvalue weighted by Crippen LogP contribution is -2.47. The van der Waals surface area contributed by atoms with Crippen LogP contribution in [-0.4, -0.2) is 61.8 Å². The van der Waals surface area contributed by atoms with Crippen LogP contribution in [0.2, 0.25) is 0 Å². The molecule has 3 N–H and O–H groups in total. The third-order valence-electron chi connectivity index (χ3n) is 5.08. The molecule has 31 heavy (non-hydrogen) atoms. The highest BCUT2D eigenvalue weighted by Gasteiger charge is 2.51. The van der Waals surface area contributed by atoms with E-state index in [1.165, 1.54) is 35.1 Å². The molecule has 0 bridgehead atoms. The van der Waals surface area contributed by atoms with E-state index >= 15 is 0 Å². The molecule has 11 heteroatoms. The minimum absolute atomic E-state index is 0.0140. The number of benzene rings is 1. The lowest BCUT2D eigenvalue weighted by Gasteiger charge is -2.33. The first-order valence-corrected chi connectivity index (χ1v) is 11.0. The Bertz CT molecular complexity index is 898. The fourth-order valence-corrected chi connectivity index (χ4v) is 4.08. The standard InChI is InChI=1S/C20H23F3N4O3S/c1-31-7-6-15(19(30)26-17-9-24-14(8-25-17)16(29)11-28)27-10-12-4-2-3-5-13(12)18(27)20(21,22)23/h2-5,8-9,15-16,18,28-29H,6-7,10-11H2,1H3,(H,25,26,30)/t15-,16+,18?/m0/s1. The number of alkyl halides is 3. The third-order valence-corrected chi connectivity index (χ3v) is 5.72. The van der Waals surface area contributed by atoms with E-state index in [2.05, 4.69) is 15.3 Å². The van der Waals surface area contributed by atoms with E-state index in [0.717, 1.165) is 0 Å². The third kappa shape index (κ3) is 5.35. The molecule has 0 saturated heterocycles. The van der Waals surface area contributed by atoms with Crippen LogP contribution in [0.4, 0.5) is 19.0 Å². The predicted octanol–water partition coefficient (Wildman–Crippen LogP) is 2.68. The Balaban J connectivity index is 1.85. The van der Waals surface area contributed by atoms with E-state index in [1.807, 2.05) is 6.26 Å². The van der Waals surface area contributed by atoms with Gasteiger partial charge in [0, 0.05) is 6.54 Å². The second-order valence-electron chi connectivity index (χ2n) is 7.13. The average molecular weight is 456 g/mol. The Labute approximate surface area is 181 Å². The van der Waals surface area contributed by atoms with E-state index in [4.69, 9.17) is 5.11 Å². The summed E-state index contributed by atoms with van der Waals surface area (Å²) in [6.45, 7) is -0.522. The number of fused-ring (bicyclic) bond motifs is 1. The van der Waals surface area contributed by atoms with E-state index in [-0.39, 0.29) is 30.0 Å². The molecule has 168 valence electrons. The number of thioether (sulfide) groups is 1. The number of halogens is 3. The smallest absolute Gasteiger partial charge is 0.393 e. The van der Waals surface area contributed by atoms with Crippen LogP contribution in [-0.2, 0) is 11.3 Å². The van der Waals surface area contributed by atoms with Gasteiger partial charge in [0.1, 0.15) is 12.1 Å². The normalized spacial score (nSPS) is 18.5. The average Bonchev–Trinajstić information content (AvgIpc) is 3.13. The van der Waals surface area contributed by atoms with Crippen LogP contribution in [0.25, 0.3) is 0 Å². The highest BCUT2D eigenvalue weighted by molar-refractivity contribution is 7.98. The van der Waals surface area contributed by atoms with Gasteiger partial charge in [0.15, 0.2) is 5.82 Å². The molecular weight excluding hydrogens is 433 g/mol. The maximum absolute atomic E-state index is 14.0. The summed E-state index contributed by atoms with van der Waals surface area (Å²) in [5.74, 6) is -0.0582. The van der Waals surface area contributed by atoms with Crippen LogP contribution in [0.1, 0.15) is 35.4 Å². The monoisotopic (exact) mass is 456 g/mol.